The quantitative estimate of drug-likeness (QED) is 0.222. The third kappa shape index (κ3) is 6.00. The lowest BCUT2D eigenvalue weighted by molar-refractivity contribution is 0.132. The van der Waals surface area contributed by atoms with Crippen molar-refractivity contribution in [3.05, 3.63) is 66.5 Å². The van der Waals surface area contributed by atoms with E-state index in [1.165, 1.54) is 4.90 Å². The van der Waals surface area contributed by atoms with Gasteiger partial charge >= 0.3 is 6.09 Å². The Bertz CT molecular complexity index is 1470. The van der Waals surface area contributed by atoms with Crippen LogP contribution in [-0.4, -0.2) is 63.4 Å². The van der Waals surface area contributed by atoms with E-state index in [-0.39, 0.29) is 12.7 Å². The molecule has 1 aliphatic rings. The van der Waals surface area contributed by atoms with Gasteiger partial charge in [-0.1, -0.05) is 24.3 Å². The van der Waals surface area contributed by atoms with Crippen LogP contribution in [0.2, 0.25) is 0 Å². The van der Waals surface area contributed by atoms with Crippen molar-refractivity contribution in [2.75, 3.05) is 36.9 Å². The lowest BCUT2D eigenvalue weighted by atomic mass is 10.0. The number of alkyl halides is 1. The Morgan fingerprint density at radius 3 is 2.87 bits per heavy atom. The van der Waals surface area contributed by atoms with E-state index in [9.17, 15) is 14.3 Å². The molecule has 3 heterocycles. The minimum absolute atomic E-state index is 0.0687. The second-order valence-electron chi connectivity index (χ2n) is 9.52. The normalized spacial score (nSPS) is 15.2. The number of carboxylic acid groups (broad SMARTS) is 1. The van der Waals surface area contributed by atoms with Gasteiger partial charge in [0.2, 0.25) is 11.8 Å². The maximum atomic E-state index is 12.6. The number of halogens is 1. The number of nitrogens with zero attached hydrogens (tertiary/aromatic N) is 4. The summed E-state index contributed by atoms with van der Waals surface area (Å²) in [5.74, 6) is 1.51. The molecular formula is C29H31FN6O3. The number of pyridine rings is 1. The molecule has 0 bridgehead atoms. The molecule has 5 rings (SSSR count). The molecule has 2 aromatic heterocycles. The number of amides is 1. The van der Waals surface area contributed by atoms with E-state index in [1.54, 1.807) is 18.5 Å². The zero-order valence-electron chi connectivity index (χ0n) is 21.7. The molecule has 0 saturated carbocycles. The molecule has 3 N–H and O–H groups in total. The second kappa shape index (κ2) is 11.9. The van der Waals surface area contributed by atoms with E-state index in [0.717, 1.165) is 34.9 Å². The highest BCUT2D eigenvalue weighted by Crippen LogP contribution is 2.38. The van der Waals surface area contributed by atoms with Gasteiger partial charge in [-0.3, -0.25) is 4.39 Å². The molecule has 4 aromatic rings. The second-order valence-corrected chi connectivity index (χ2v) is 9.52. The van der Waals surface area contributed by atoms with E-state index in [0.29, 0.717) is 54.9 Å². The van der Waals surface area contributed by atoms with Crippen LogP contribution in [0.15, 0.2) is 60.9 Å². The SMILES string of the molecule is Cc1ccc2c(NCCCF)cccc2c1Oc1ncccc1-c1ccnc(NC2CCCN(C(=O)O)C2)n1. The summed E-state index contributed by atoms with van der Waals surface area (Å²) < 4.78 is 19.1. The molecule has 1 saturated heterocycles. The average Bonchev–Trinajstić information content (AvgIpc) is 2.95. The van der Waals surface area contributed by atoms with Crippen molar-refractivity contribution >= 4 is 28.5 Å². The minimum Gasteiger partial charge on any atom is -0.465 e. The average molecular weight is 531 g/mol. The standard InChI is InChI=1S/C29H31FN6O3/c1-19-10-11-21-22(7-2-9-24(21)31-15-5-13-30)26(19)39-27-23(8-3-14-32-27)25-12-16-33-28(35-25)34-20-6-4-17-36(18-20)29(37)38/h2-3,7-12,14,16,20,31H,4-6,13,15,17-18H2,1H3,(H,37,38)(H,33,34,35). The van der Waals surface area contributed by atoms with Gasteiger partial charge < -0.3 is 25.4 Å². The van der Waals surface area contributed by atoms with Gasteiger partial charge in [-0.2, -0.15) is 0 Å². The Hall–Kier alpha value is -4.47. The number of piperidine rings is 1. The molecular weight excluding hydrogens is 499 g/mol. The van der Waals surface area contributed by atoms with Crippen molar-refractivity contribution in [1.29, 1.82) is 0 Å². The Morgan fingerprint density at radius 1 is 1.13 bits per heavy atom. The topological polar surface area (TPSA) is 112 Å². The van der Waals surface area contributed by atoms with Crippen molar-refractivity contribution in [2.24, 2.45) is 0 Å². The summed E-state index contributed by atoms with van der Waals surface area (Å²) in [4.78, 5) is 26.4. The number of benzene rings is 2. The molecule has 10 heteroatoms. The Balaban J connectivity index is 1.43. The van der Waals surface area contributed by atoms with Crippen LogP contribution in [0.25, 0.3) is 22.0 Å². The molecule has 39 heavy (non-hydrogen) atoms. The lowest BCUT2D eigenvalue weighted by Crippen LogP contribution is -2.44. The van der Waals surface area contributed by atoms with Gasteiger partial charge in [0.1, 0.15) is 5.75 Å². The van der Waals surface area contributed by atoms with Crippen LogP contribution in [0.5, 0.6) is 11.6 Å². The summed E-state index contributed by atoms with van der Waals surface area (Å²) in [5.41, 5.74) is 3.20. The zero-order chi connectivity index (χ0) is 27.2. The molecule has 2 aromatic carbocycles. The summed E-state index contributed by atoms with van der Waals surface area (Å²) in [6.45, 7) is 3.08. The van der Waals surface area contributed by atoms with Gasteiger partial charge in [0, 0.05) is 54.5 Å². The molecule has 0 spiro atoms. The predicted molar refractivity (Wildman–Crippen MR) is 149 cm³/mol. The Morgan fingerprint density at radius 2 is 2.03 bits per heavy atom. The predicted octanol–water partition coefficient (Wildman–Crippen LogP) is 6.12. The van der Waals surface area contributed by atoms with Crippen molar-refractivity contribution in [1.82, 2.24) is 19.9 Å². The van der Waals surface area contributed by atoms with Gasteiger partial charge in [0.15, 0.2) is 0 Å². The first kappa shape index (κ1) is 26.1. The van der Waals surface area contributed by atoms with E-state index >= 15 is 0 Å². The van der Waals surface area contributed by atoms with Crippen LogP contribution in [0, 0.1) is 6.92 Å². The molecule has 1 unspecified atom stereocenters. The molecule has 0 radical (unpaired) electrons. The smallest absolute Gasteiger partial charge is 0.407 e. The van der Waals surface area contributed by atoms with Crippen LogP contribution in [-0.2, 0) is 0 Å². The van der Waals surface area contributed by atoms with Crippen molar-refractivity contribution in [3.63, 3.8) is 0 Å². The number of nitrogens with one attached hydrogen (secondary N) is 2. The third-order valence-corrected chi connectivity index (χ3v) is 6.76. The van der Waals surface area contributed by atoms with E-state index in [2.05, 4.69) is 20.6 Å². The number of fused-ring (bicyclic) bond motifs is 1. The number of aromatic nitrogens is 3. The Labute approximate surface area is 226 Å². The largest absolute Gasteiger partial charge is 0.465 e. The highest BCUT2D eigenvalue weighted by Gasteiger charge is 2.24. The zero-order valence-corrected chi connectivity index (χ0v) is 21.7. The van der Waals surface area contributed by atoms with Crippen LogP contribution in [0.3, 0.4) is 0 Å². The molecule has 1 fully saturated rings. The molecule has 1 aliphatic heterocycles. The molecule has 1 amide bonds. The maximum Gasteiger partial charge on any atom is 0.407 e. The highest BCUT2D eigenvalue weighted by molar-refractivity contribution is 5.98. The number of rotatable bonds is 9. The van der Waals surface area contributed by atoms with Crippen molar-refractivity contribution in [3.8, 4) is 22.9 Å². The van der Waals surface area contributed by atoms with E-state index in [1.807, 2.05) is 49.4 Å². The number of hydrogen-bond acceptors (Lipinski definition) is 7. The van der Waals surface area contributed by atoms with Crippen LogP contribution in [0.1, 0.15) is 24.8 Å². The summed E-state index contributed by atoms with van der Waals surface area (Å²) >= 11 is 0. The number of hydrogen-bond donors (Lipinski definition) is 3. The first-order chi connectivity index (χ1) is 19.0. The first-order valence-corrected chi connectivity index (χ1v) is 13.1. The fraction of sp³-hybridized carbons (Fsp3) is 0.310. The number of likely N-dealkylation sites (tertiary alicyclic amines) is 1. The number of anilines is 2. The molecule has 1 atom stereocenters. The maximum absolute atomic E-state index is 12.6. The first-order valence-electron chi connectivity index (χ1n) is 13.1. The van der Waals surface area contributed by atoms with Crippen molar-refractivity contribution < 1.29 is 19.0 Å². The highest BCUT2D eigenvalue weighted by atomic mass is 19.1. The summed E-state index contributed by atoms with van der Waals surface area (Å²) in [5, 5.41) is 17.8. The van der Waals surface area contributed by atoms with Gasteiger partial charge in [-0.15, -0.1) is 0 Å². The van der Waals surface area contributed by atoms with Crippen LogP contribution in [0.4, 0.5) is 20.8 Å². The number of aryl methyl sites for hydroxylation is 1. The molecule has 0 aliphatic carbocycles. The number of carbonyl (C=O) groups is 1. The van der Waals surface area contributed by atoms with E-state index < -0.39 is 6.09 Å². The van der Waals surface area contributed by atoms with Gasteiger partial charge in [0.25, 0.3) is 0 Å². The molecule has 202 valence electrons. The van der Waals surface area contributed by atoms with Crippen LogP contribution >= 0.6 is 0 Å². The summed E-state index contributed by atoms with van der Waals surface area (Å²) in [7, 11) is 0. The van der Waals surface area contributed by atoms with E-state index in [4.69, 9.17) is 9.72 Å². The van der Waals surface area contributed by atoms with Crippen molar-refractivity contribution in [2.45, 2.75) is 32.2 Å². The number of ether oxygens (including phenoxy) is 1. The summed E-state index contributed by atoms with van der Waals surface area (Å²) in [6, 6.07) is 15.4. The van der Waals surface area contributed by atoms with Crippen LogP contribution < -0.4 is 15.4 Å². The minimum atomic E-state index is -0.917. The monoisotopic (exact) mass is 530 g/mol. The van der Waals surface area contributed by atoms with Gasteiger partial charge in [-0.05, 0) is 56.0 Å². The molecule has 9 nitrogen and oxygen atoms in total. The fourth-order valence-corrected chi connectivity index (χ4v) is 4.81. The van der Waals surface area contributed by atoms with Gasteiger partial charge in [0.05, 0.1) is 17.9 Å². The summed E-state index contributed by atoms with van der Waals surface area (Å²) in [6.07, 6.45) is 4.48. The Kier molecular flexibility index (Phi) is 8.00. The fourth-order valence-electron chi connectivity index (χ4n) is 4.81. The van der Waals surface area contributed by atoms with Gasteiger partial charge in [-0.25, -0.2) is 19.7 Å². The third-order valence-electron chi connectivity index (χ3n) is 6.76. The lowest BCUT2D eigenvalue weighted by Gasteiger charge is -2.31.